The minimum Gasteiger partial charge on any atom is -0.492 e. The van der Waals surface area contributed by atoms with Crippen LogP contribution in [0.25, 0.3) is 0 Å². The van der Waals surface area contributed by atoms with E-state index in [0.29, 0.717) is 18.2 Å². The fraction of sp³-hybridized carbons (Fsp3) is 0.435. The molecule has 5 nitrogen and oxygen atoms in total. The minimum atomic E-state index is -0.101. The molecule has 1 atom stereocenters. The number of hydrogen-bond donors (Lipinski definition) is 1. The highest BCUT2D eigenvalue weighted by Crippen LogP contribution is 2.27. The Balaban J connectivity index is 1.16. The summed E-state index contributed by atoms with van der Waals surface area (Å²) in [4.78, 5) is 15.1. The van der Waals surface area contributed by atoms with Crippen LogP contribution in [-0.4, -0.2) is 49.7 Å². The molecule has 29 heavy (non-hydrogen) atoms. The number of halogens is 1. The van der Waals surface area contributed by atoms with E-state index in [1.807, 2.05) is 48.5 Å². The van der Waals surface area contributed by atoms with Gasteiger partial charge in [-0.05, 0) is 55.2 Å². The summed E-state index contributed by atoms with van der Waals surface area (Å²) in [5.41, 5.74) is 1.12. The van der Waals surface area contributed by atoms with E-state index >= 15 is 0 Å². The van der Waals surface area contributed by atoms with E-state index in [4.69, 9.17) is 21.1 Å². The van der Waals surface area contributed by atoms with Crippen LogP contribution in [0.1, 0.15) is 18.4 Å². The Morgan fingerprint density at radius 1 is 1.14 bits per heavy atom. The van der Waals surface area contributed by atoms with Crippen LogP contribution in [0.4, 0.5) is 0 Å². The number of rotatable bonds is 6. The Bertz CT molecular complexity index is 819. The maximum atomic E-state index is 12.7. The van der Waals surface area contributed by atoms with Crippen molar-refractivity contribution in [3.63, 3.8) is 0 Å². The number of carbonyl (C=O) groups is 1. The zero-order chi connectivity index (χ0) is 20.1. The van der Waals surface area contributed by atoms with Gasteiger partial charge in [0.25, 0.3) is 0 Å². The lowest BCUT2D eigenvalue weighted by atomic mass is 9.95. The van der Waals surface area contributed by atoms with Gasteiger partial charge in [0, 0.05) is 30.7 Å². The van der Waals surface area contributed by atoms with Crippen molar-refractivity contribution in [2.45, 2.75) is 25.3 Å². The molecule has 0 unspecified atom stereocenters. The molecule has 0 aromatic heterocycles. The van der Waals surface area contributed by atoms with Gasteiger partial charge in [-0.1, -0.05) is 29.8 Å². The zero-order valence-electron chi connectivity index (χ0n) is 16.5. The summed E-state index contributed by atoms with van der Waals surface area (Å²) >= 11 is 5.89. The molecule has 2 aromatic carbocycles. The van der Waals surface area contributed by atoms with Crippen LogP contribution in [0.15, 0.2) is 48.5 Å². The van der Waals surface area contributed by atoms with E-state index in [1.165, 1.54) is 0 Å². The molecule has 2 aliphatic rings. The molecular formula is C23H27ClN2O3. The number of nitrogens with one attached hydrogen (secondary N) is 1. The highest BCUT2D eigenvalue weighted by Gasteiger charge is 2.28. The molecule has 2 heterocycles. The fourth-order valence-corrected chi connectivity index (χ4v) is 4.07. The van der Waals surface area contributed by atoms with Crippen molar-refractivity contribution in [3.8, 4) is 11.5 Å². The van der Waals surface area contributed by atoms with Crippen molar-refractivity contribution in [1.82, 2.24) is 10.2 Å². The molecule has 0 radical (unpaired) electrons. The monoisotopic (exact) mass is 414 g/mol. The highest BCUT2D eigenvalue weighted by molar-refractivity contribution is 6.30. The molecule has 6 heteroatoms. The van der Waals surface area contributed by atoms with E-state index in [0.717, 1.165) is 56.0 Å². The first-order valence-corrected chi connectivity index (χ1v) is 10.7. The molecule has 0 aliphatic carbocycles. The third-order valence-corrected chi connectivity index (χ3v) is 5.93. The molecule has 1 fully saturated rings. The Morgan fingerprint density at radius 2 is 1.90 bits per heavy atom. The predicted octanol–water partition coefficient (Wildman–Crippen LogP) is 3.55. The number of benzene rings is 2. The molecule has 4 rings (SSSR count). The van der Waals surface area contributed by atoms with Gasteiger partial charge in [-0.15, -0.1) is 0 Å². The van der Waals surface area contributed by atoms with Gasteiger partial charge in [-0.3, -0.25) is 9.69 Å². The van der Waals surface area contributed by atoms with E-state index in [-0.39, 0.29) is 17.9 Å². The lowest BCUT2D eigenvalue weighted by Crippen LogP contribution is -2.48. The van der Waals surface area contributed by atoms with E-state index < -0.39 is 0 Å². The van der Waals surface area contributed by atoms with E-state index in [2.05, 4.69) is 10.2 Å². The predicted molar refractivity (Wildman–Crippen MR) is 114 cm³/mol. The maximum Gasteiger partial charge on any atom is 0.227 e. The van der Waals surface area contributed by atoms with Crippen molar-refractivity contribution < 1.29 is 14.3 Å². The second-order valence-electron chi connectivity index (χ2n) is 7.75. The van der Waals surface area contributed by atoms with Gasteiger partial charge in [0.15, 0.2) is 0 Å². The van der Waals surface area contributed by atoms with Crippen molar-refractivity contribution in [1.29, 1.82) is 0 Å². The number of likely N-dealkylation sites (tertiary alicyclic amines) is 1. The molecule has 0 spiro atoms. The van der Waals surface area contributed by atoms with Gasteiger partial charge in [-0.2, -0.15) is 0 Å². The summed E-state index contributed by atoms with van der Waals surface area (Å²) in [6.45, 7) is 3.94. The standard InChI is InChI=1S/C23H27ClN2O3/c24-19-5-7-21(8-6-19)28-14-13-26-11-9-20(10-12-26)25-23(27)18-15-17-3-1-2-4-22(17)29-16-18/h1-8,18,20H,9-16H2,(H,25,27)/t18-/m1/s1. The van der Waals surface area contributed by atoms with E-state index in [1.54, 1.807) is 0 Å². The van der Waals surface area contributed by atoms with Gasteiger partial charge in [0.1, 0.15) is 24.7 Å². The van der Waals surface area contributed by atoms with Crippen LogP contribution in [0.2, 0.25) is 5.02 Å². The molecule has 0 bridgehead atoms. The number of nitrogens with zero attached hydrogens (tertiary/aromatic N) is 1. The Kier molecular flexibility index (Phi) is 6.57. The quantitative estimate of drug-likeness (QED) is 0.785. The van der Waals surface area contributed by atoms with Gasteiger partial charge >= 0.3 is 0 Å². The first-order chi connectivity index (χ1) is 14.2. The fourth-order valence-electron chi connectivity index (χ4n) is 3.94. The Morgan fingerprint density at radius 3 is 2.69 bits per heavy atom. The Labute approximate surface area is 176 Å². The number of hydrogen-bond acceptors (Lipinski definition) is 4. The average Bonchev–Trinajstić information content (AvgIpc) is 2.76. The number of para-hydroxylation sites is 1. The van der Waals surface area contributed by atoms with Crippen LogP contribution >= 0.6 is 11.6 Å². The van der Waals surface area contributed by atoms with Crippen LogP contribution in [0, 0.1) is 5.92 Å². The SMILES string of the molecule is O=C(NC1CCN(CCOc2ccc(Cl)cc2)CC1)[C@H]1COc2ccccc2C1. The average molecular weight is 415 g/mol. The van der Waals surface area contributed by atoms with Crippen LogP contribution in [0.3, 0.4) is 0 Å². The molecule has 1 saturated heterocycles. The molecular weight excluding hydrogens is 388 g/mol. The van der Waals surface area contributed by atoms with Crippen LogP contribution in [-0.2, 0) is 11.2 Å². The van der Waals surface area contributed by atoms with Gasteiger partial charge < -0.3 is 14.8 Å². The van der Waals surface area contributed by atoms with Gasteiger partial charge in [0.2, 0.25) is 5.91 Å². The third-order valence-electron chi connectivity index (χ3n) is 5.67. The third kappa shape index (κ3) is 5.43. The van der Waals surface area contributed by atoms with Crippen LogP contribution in [0.5, 0.6) is 11.5 Å². The van der Waals surface area contributed by atoms with Gasteiger partial charge in [0.05, 0.1) is 5.92 Å². The first kappa shape index (κ1) is 20.0. The molecule has 1 amide bonds. The number of amides is 1. The van der Waals surface area contributed by atoms with Gasteiger partial charge in [-0.25, -0.2) is 0 Å². The number of piperidine rings is 1. The normalized spacial score (nSPS) is 19.8. The summed E-state index contributed by atoms with van der Waals surface area (Å²) in [6.07, 6.45) is 2.69. The lowest BCUT2D eigenvalue weighted by Gasteiger charge is -2.33. The topological polar surface area (TPSA) is 50.8 Å². The minimum absolute atomic E-state index is 0.101. The van der Waals surface area contributed by atoms with Crippen molar-refractivity contribution >= 4 is 17.5 Å². The second kappa shape index (κ2) is 9.51. The van der Waals surface area contributed by atoms with Crippen molar-refractivity contribution in [3.05, 3.63) is 59.1 Å². The molecule has 0 saturated carbocycles. The smallest absolute Gasteiger partial charge is 0.227 e. The molecule has 154 valence electrons. The number of fused-ring (bicyclic) bond motifs is 1. The second-order valence-corrected chi connectivity index (χ2v) is 8.18. The van der Waals surface area contributed by atoms with Crippen molar-refractivity contribution in [2.24, 2.45) is 5.92 Å². The highest BCUT2D eigenvalue weighted by atomic mass is 35.5. The maximum absolute atomic E-state index is 12.7. The summed E-state index contributed by atoms with van der Waals surface area (Å²) in [6, 6.07) is 15.7. The Hall–Kier alpha value is -2.24. The first-order valence-electron chi connectivity index (χ1n) is 10.3. The lowest BCUT2D eigenvalue weighted by molar-refractivity contribution is -0.127. The summed E-state index contributed by atoms with van der Waals surface area (Å²) in [5.74, 6) is 1.76. The zero-order valence-corrected chi connectivity index (χ0v) is 17.2. The van der Waals surface area contributed by atoms with Crippen LogP contribution < -0.4 is 14.8 Å². The number of carbonyl (C=O) groups excluding carboxylic acids is 1. The molecule has 2 aliphatic heterocycles. The summed E-state index contributed by atoms with van der Waals surface area (Å²) in [7, 11) is 0. The van der Waals surface area contributed by atoms with Crippen molar-refractivity contribution in [2.75, 3.05) is 32.8 Å². The largest absolute Gasteiger partial charge is 0.492 e. The molecule has 2 aromatic rings. The number of ether oxygens (including phenoxy) is 2. The summed E-state index contributed by atoms with van der Waals surface area (Å²) < 4.78 is 11.5. The van der Waals surface area contributed by atoms with E-state index in [9.17, 15) is 4.79 Å². The molecule has 1 N–H and O–H groups in total. The summed E-state index contributed by atoms with van der Waals surface area (Å²) in [5, 5.41) is 3.95.